The molecule has 0 radical (unpaired) electrons. The summed E-state index contributed by atoms with van der Waals surface area (Å²) in [4.78, 5) is 12.2. The second kappa shape index (κ2) is 5.69. The van der Waals surface area contributed by atoms with Crippen LogP contribution >= 0.6 is 0 Å². The Kier molecular flexibility index (Phi) is 4.00. The van der Waals surface area contributed by atoms with Crippen molar-refractivity contribution in [2.45, 2.75) is 33.7 Å². The van der Waals surface area contributed by atoms with Crippen LogP contribution in [0.3, 0.4) is 0 Å². The maximum absolute atomic E-state index is 12.2. The molecule has 1 heterocycles. The fourth-order valence-electron chi connectivity index (χ4n) is 2.04. The summed E-state index contributed by atoms with van der Waals surface area (Å²) < 4.78 is 1.74. The van der Waals surface area contributed by atoms with Gasteiger partial charge < -0.3 is 5.32 Å². The fourth-order valence-corrected chi connectivity index (χ4v) is 2.04. The van der Waals surface area contributed by atoms with Gasteiger partial charge in [-0.25, -0.2) is 0 Å². The number of hydrogen-bond donors (Lipinski definition) is 1. The minimum Gasteiger partial charge on any atom is -0.320 e. The van der Waals surface area contributed by atoms with Crippen molar-refractivity contribution in [3.05, 3.63) is 47.3 Å². The van der Waals surface area contributed by atoms with E-state index >= 15 is 0 Å². The van der Waals surface area contributed by atoms with E-state index in [1.165, 1.54) is 0 Å². The maximum Gasteiger partial charge on any atom is 0.276 e. The first kappa shape index (κ1) is 13.3. The number of hydrogen-bond acceptors (Lipinski definition) is 2. The Hall–Kier alpha value is -2.10. The van der Waals surface area contributed by atoms with E-state index in [-0.39, 0.29) is 5.91 Å². The maximum atomic E-state index is 12.2. The number of anilines is 1. The van der Waals surface area contributed by atoms with Crippen molar-refractivity contribution >= 4 is 11.6 Å². The molecule has 0 aliphatic carbocycles. The summed E-state index contributed by atoms with van der Waals surface area (Å²) >= 11 is 0. The smallest absolute Gasteiger partial charge is 0.276 e. The van der Waals surface area contributed by atoms with E-state index in [4.69, 9.17) is 0 Å². The molecule has 1 aromatic carbocycles. The van der Waals surface area contributed by atoms with Crippen LogP contribution in [0.25, 0.3) is 0 Å². The van der Waals surface area contributed by atoms with E-state index in [1.807, 2.05) is 38.2 Å². The van der Waals surface area contributed by atoms with Gasteiger partial charge in [-0.1, -0.05) is 25.1 Å². The van der Waals surface area contributed by atoms with Gasteiger partial charge in [0.1, 0.15) is 0 Å². The lowest BCUT2D eigenvalue weighted by molar-refractivity contribution is 0.102. The van der Waals surface area contributed by atoms with E-state index in [0.717, 1.165) is 29.8 Å². The molecule has 2 rings (SSSR count). The fraction of sp³-hybridized carbons (Fsp3) is 0.333. The third kappa shape index (κ3) is 2.84. The number of nitrogens with zero attached hydrogens (tertiary/aromatic N) is 2. The van der Waals surface area contributed by atoms with Crippen molar-refractivity contribution in [2.24, 2.45) is 0 Å². The van der Waals surface area contributed by atoms with E-state index in [2.05, 4.69) is 17.3 Å². The third-order valence-corrected chi connectivity index (χ3v) is 3.18. The summed E-state index contributed by atoms with van der Waals surface area (Å²) in [5.41, 5.74) is 3.57. The Labute approximate surface area is 113 Å². The average Bonchev–Trinajstić information content (AvgIpc) is 2.90. The molecule has 4 nitrogen and oxygen atoms in total. The standard InChI is InChI=1S/C15H19N3O/c1-4-12-8-6-7-11(3)14(12)16-15(19)13-9-10-18(5-2)17-13/h6-10H,4-5H2,1-3H3,(H,16,19). The van der Waals surface area contributed by atoms with Crippen molar-refractivity contribution in [1.82, 2.24) is 9.78 Å². The average molecular weight is 257 g/mol. The first-order valence-corrected chi connectivity index (χ1v) is 6.59. The van der Waals surface area contributed by atoms with E-state index < -0.39 is 0 Å². The number of aromatic nitrogens is 2. The lowest BCUT2D eigenvalue weighted by Gasteiger charge is -2.11. The molecule has 1 N–H and O–H groups in total. The minimum atomic E-state index is -0.156. The number of nitrogens with one attached hydrogen (secondary N) is 1. The Bertz CT molecular complexity index is 587. The molecule has 4 heteroatoms. The zero-order chi connectivity index (χ0) is 13.8. The first-order valence-electron chi connectivity index (χ1n) is 6.59. The summed E-state index contributed by atoms with van der Waals surface area (Å²) in [6.45, 7) is 6.83. The molecule has 0 bridgehead atoms. The highest BCUT2D eigenvalue weighted by molar-refractivity contribution is 6.03. The van der Waals surface area contributed by atoms with Crippen LogP contribution < -0.4 is 5.32 Å². The minimum absolute atomic E-state index is 0.156. The largest absolute Gasteiger partial charge is 0.320 e. The monoisotopic (exact) mass is 257 g/mol. The number of carbonyl (C=O) groups excluding carboxylic acids is 1. The third-order valence-electron chi connectivity index (χ3n) is 3.18. The van der Waals surface area contributed by atoms with Crippen LogP contribution in [0.15, 0.2) is 30.5 Å². The Balaban J connectivity index is 2.23. The van der Waals surface area contributed by atoms with Crippen molar-refractivity contribution in [1.29, 1.82) is 0 Å². The molecular formula is C15H19N3O. The Morgan fingerprint density at radius 2 is 2.11 bits per heavy atom. The molecule has 2 aromatic rings. The van der Waals surface area contributed by atoms with Gasteiger partial charge in [-0.2, -0.15) is 5.10 Å². The molecular weight excluding hydrogens is 238 g/mol. The molecule has 0 saturated carbocycles. The van der Waals surface area contributed by atoms with E-state index in [9.17, 15) is 4.79 Å². The van der Waals surface area contributed by atoms with Crippen LogP contribution in [0.2, 0.25) is 0 Å². The number of aryl methyl sites for hydroxylation is 3. The quantitative estimate of drug-likeness (QED) is 0.915. The summed E-state index contributed by atoms with van der Waals surface area (Å²) in [5.74, 6) is -0.156. The van der Waals surface area contributed by atoms with Gasteiger partial charge in [0.15, 0.2) is 5.69 Å². The molecule has 1 aromatic heterocycles. The molecule has 0 saturated heterocycles. The van der Waals surface area contributed by atoms with Crippen LogP contribution in [0, 0.1) is 6.92 Å². The van der Waals surface area contributed by atoms with Crippen molar-refractivity contribution in [3.63, 3.8) is 0 Å². The number of para-hydroxylation sites is 1. The predicted octanol–water partition coefficient (Wildman–Crippen LogP) is 3.03. The van der Waals surface area contributed by atoms with Crippen molar-refractivity contribution in [3.8, 4) is 0 Å². The number of amides is 1. The zero-order valence-electron chi connectivity index (χ0n) is 11.6. The first-order chi connectivity index (χ1) is 9.15. The molecule has 100 valence electrons. The number of carbonyl (C=O) groups is 1. The van der Waals surface area contributed by atoms with Gasteiger partial charge in [0.2, 0.25) is 0 Å². The number of benzene rings is 1. The molecule has 0 aliphatic heterocycles. The summed E-state index contributed by atoms with van der Waals surface area (Å²) in [7, 11) is 0. The normalized spacial score (nSPS) is 10.5. The molecule has 19 heavy (non-hydrogen) atoms. The molecule has 0 aliphatic rings. The zero-order valence-corrected chi connectivity index (χ0v) is 11.6. The summed E-state index contributed by atoms with van der Waals surface area (Å²) in [5, 5.41) is 7.18. The number of rotatable bonds is 4. The van der Waals surface area contributed by atoms with E-state index in [1.54, 1.807) is 10.7 Å². The van der Waals surface area contributed by atoms with Crippen LogP contribution in [-0.4, -0.2) is 15.7 Å². The lowest BCUT2D eigenvalue weighted by Crippen LogP contribution is -2.15. The van der Waals surface area contributed by atoms with E-state index in [0.29, 0.717) is 5.69 Å². The lowest BCUT2D eigenvalue weighted by atomic mass is 10.1. The SMILES string of the molecule is CCc1cccc(C)c1NC(=O)c1ccn(CC)n1. The summed E-state index contributed by atoms with van der Waals surface area (Å²) in [6, 6.07) is 7.78. The van der Waals surface area contributed by atoms with Crippen LogP contribution in [0.1, 0.15) is 35.5 Å². The highest BCUT2D eigenvalue weighted by Gasteiger charge is 2.12. The second-order valence-corrected chi connectivity index (χ2v) is 4.47. The summed E-state index contributed by atoms with van der Waals surface area (Å²) in [6.07, 6.45) is 2.70. The van der Waals surface area contributed by atoms with Crippen LogP contribution in [0.4, 0.5) is 5.69 Å². The highest BCUT2D eigenvalue weighted by atomic mass is 16.1. The Morgan fingerprint density at radius 3 is 2.74 bits per heavy atom. The van der Waals surface area contributed by atoms with Crippen molar-refractivity contribution in [2.75, 3.05) is 5.32 Å². The second-order valence-electron chi connectivity index (χ2n) is 4.47. The molecule has 0 fully saturated rings. The molecule has 0 spiro atoms. The highest BCUT2D eigenvalue weighted by Crippen LogP contribution is 2.21. The van der Waals surface area contributed by atoms with Gasteiger partial charge in [0.05, 0.1) is 0 Å². The van der Waals surface area contributed by atoms with Crippen molar-refractivity contribution < 1.29 is 4.79 Å². The van der Waals surface area contributed by atoms with Gasteiger partial charge in [0.25, 0.3) is 5.91 Å². The molecule has 0 unspecified atom stereocenters. The van der Waals surface area contributed by atoms with Gasteiger partial charge in [-0.15, -0.1) is 0 Å². The van der Waals surface area contributed by atoms with Crippen LogP contribution in [0.5, 0.6) is 0 Å². The predicted molar refractivity (Wildman–Crippen MR) is 76.4 cm³/mol. The molecule has 0 atom stereocenters. The van der Waals surface area contributed by atoms with Gasteiger partial charge in [0, 0.05) is 18.4 Å². The van der Waals surface area contributed by atoms with Gasteiger partial charge >= 0.3 is 0 Å². The molecule has 1 amide bonds. The van der Waals surface area contributed by atoms with Crippen LogP contribution in [-0.2, 0) is 13.0 Å². The Morgan fingerprint density at radius 1 is 1.32 bits per heavy atom. The topological polar surface area (TPSA) is 46.9 Å². The van der Waals surface area contributed by atoms with Gasteiger partial charge in [-0.05, 0) is 37.5 Å². The van der Waals surface area contributed by atoms with Gasteiger partial charge in [-0.3, -0.25) is 9.48 Å².